The smallest absolute Gasteiger partial charge is 0.128 e. The number of fused-ring (bicyclic) bond motifs is 1. The van der Waals surface area contributed by atoms with E-state index in [2.05, 4.69) is 30.0 Å². The van der Waals surface area contributed by atoms with Gasteiger partial charge in [-0.25, -0.2) is 4.39 Å². The van der Waals surface area contributed by atoms with Crippen LogP contribution >= 0.6 is 0 Å². The van der Waals surface area contributed by atoms with Gasteiger partial charge in [0.25, 0.3) is 0 Å². The van der Waals surface area contributed by atoms with Crippen LogP contribution in [0.4, 0.5) is 15.8 Å². The molecule has 0 saturated carbocycles. The molecule has 2 aromatic carbocycles. The van der Waals surface area contributed by atoms with E-state index in [-0.39, 0.29) is 11.9 Å². The van der Waals surface area contributed by atoms with Crippen molar-refractivity contribution in [3.05, 3.63) is 59.4 Å². The van der Waals surface area contributed by atoms with Crippen LogP contribution in [0.5, 0.6) is 0 Å². The van der Waals surface area contributed by atoms with Crippen LogP contribution in [0.1, 0.15) is 25.0 Å². The zero-order valence-electron chi connectivity index (χ0n) is 12.5. The molecular formula is C18H21FN2. The lowest BCUT2D eigenvalue weighted by Crippen LogP contribution is -2.27. The molecule has 21 heavy (non-hydrogen) atoms. The van der Waals surface area contributed by atoms with Crippen molar-refractivity contribution in [3.8, 4) is 0 Å². The van der Waals surface area contributed by atoms with Gasteiger partial charge in [0.05, 0.1) is 0 Å². The maximum Gasteiger partial charge on any atom is 0.128 e. The zero-order chi connectivity index (χ0) is 15.0. The van der Waals surface area contributed by atoms with Crippen LogP contribution in [0.2, 0.25) is 0 Å². The Bertz CT molecular complexity index is 651. The first-order chi connectivity index (χ1) is 10.1. The minimum Gasteiger partial charge on any atom is -0.338 e. The largest absolute Gasteiger partial charge is 0.338 e. The molecule has 2 atom stereocenters. The van der Waals surface area contributed by atoms with Gasteiger partial charge in [0.2, 0.25) is 0 Å². The molecule has 1 aliphatic heterocycles. The van der Waals surface area contributed by atoms with E-state index in [0.29, 0.717) is 12.5 Å². The minimum atomic E-state index is -0.165. The van der Waals surface area contributed by atoms with Crippen LogP contribution in [0.3, 0.4) is 0 Å². The molecule has 2 N–H and O–H groups in total. The highest BCUT2D eigenvalue weighted by molar-refractivity contribution is 5.73. The van der Waals surface area contributed by atoms with Gasteiger partial charge in [0.1, 0.15) is 5.82 Å². The Labute approximate surface area is 125 Å². The van der Waals surface area contributed by atoms with E-state index in [1.54, 1.807) is 6.07 Å². The van der Waals surface area contributed by atoms with Crippen molar-refractivity contribution in [2.75, 3.05) is 4.90 Å². The Balaban J connectivity index is 2.10. The molecule has 0 amide bonds. The lowest BCUT2D eigenvalue weighted by molar-refractivity contribution is 0.594. The van der Waals surface area contributed by atoms with Gasteiger partial charge in [-0.1, -0.05) is 24.3 Å². The van der Waals surface area contributed by atoms with Crippen molar-refractivity contribution in [1.29, 1.82) is 0 Å². The molecule has 2 aromatic rings. The number of hydrogen-bond donors (Lipinski definition) is 1. The van der Waals surface area contributed by atoms with Crippen LogP contribution in [0.25, 0.3) is 0 Å². The molecule has 1 heterocycles. The summed E-state index contributed by atoms with van der Waals surface area (Å²) in [5.41, 5.74) is 10.1. The molecule has 0 spiro atoms. The molecule has 0 aromatic heterocycles. The lowest BCUT2D eigenvalue weighted by Gasteiger charge is -2.28. The highest BCUT2D eigenvalue weighted by Gasteiger charge is 2.29. The standard InChI is InChI=1S/C18H21FN2/c1-12(20)10-15-16(19)7-5-9-18(15)21-13(2)11-14-6-3-4-8-17(14)21/h3-9,12-13H,10-11,20H2,1-2H3. The second-order valence-electron chi connectivity index (χ2n) is 5.97. The quantitative estimate of drug-likeness (QED) is 0.929. The van der Waals surface area contributed by atoms with E-state index in [1.807, 2.05) is 19.1 Å². The first kappa shape index (κ1) is 14.1. The Morgan fingerprint density at radius 1 is 1.19 bits per heavy atom. The summed E-state index contributed by atoms with van der Waals surface area (Å²) in [5, 5.41) is 0. The Kier molecular flexibility index (Phi) is 3.68. The first-order valence-corrected chi connectivity index (χ1v) is 7.48. The fourth-order valence-corrected chi connectivity index (χ4v) is 3.23. The van der Waals surface area contributed by atoms with Gasteiger partial charge in [-0.15, -0.1) is 0 Å². The highest BCUT2D eigenvalue weighted by Crippen LogP contribution is 2.40. The lowest BCUT2D eigenvalue weighted by atomic mass is 10.0. The molecule has 110 valence electrons. The van der Waals surface area contributed by atoms with E-state index in [1.165, 1.54) is 17.3 Å². The van der Waals surface area contributed by atoms with Crippen molar-refractivity contribution in [1.82, 2.24) is 0 Å². The topological polar surface area (TPSA) is 29.3 Å². The van der Waals surface area contributed by atoms with E-state index >= 15 is 0 Å². The van der Waals surface area contributed by atoms with Gasteiger partial charge in [-0.3, -0.25) is 0 Å². The van der Waals surface area contributed by atoms with Gasteiger partial charge in [-0.2, -0.15) is 0 Å². The highest BCUT2D eigenvalue weighted by atomic mass is 19.1. The summed E-state index contributed by atoms with van der Waals surface area (Å²) >= 11 is 0. The molecule has 0 radical (unpaired) electrons. The van der Waals surface area contributed by atoms with Crippen molar-refractivity contribution in [2.45, 2.75) is 38.8 Å². The van der Waals surface area contributed by atoms with Gasteiger partial charge in [0.15, 0.2) is 0 Å². The van der Waals surface area contributed by atoms with E-state index in [0.717, 1.165) is 17.7 Å². The maximum atomic E-state index is 14.3. The van der Waals surface area contributed by atoms with E-state index in [4.69, 9.17) is 5.73 Å². The molecule has 3 heteroatoms. The van der Waals surface area contributed by atoms with Gasteiger partial charge in [-0.05, 0) is 50.5 Å². The number of anilines is 2. The summed E-state index contributed by atoms with van der Waals surface area (Å²) in [4.78, 5) is 2.25. The van der Waals surface area contributed by atoms with Crippen molar-refractivity contribution in [3.63, 3.8) is 0 Å². The number of hydrogen-bond acceptors (Lipinski definition) is 2. The number of nitrogens with zero attached hydrogens (tertiary/aromatic N) is 1. The number of nitrogens with two attached hydrogens (primary N) is 1. The van der Waals surface area contributed by atoms with Crippen LogP contribution < -0.4 is 10.6 Å². The van der Waals surface area contributed by atoms with Gasteiger partial charge in [0, 0.05) is 29.0 Å². The molecule has 0 saturated heterocycles. The summed E-state index contributed by atoms with van der Waals surface area (Å²) in [6.07, 6.45) is 1.54. The van der Waals surface area contributed by atoms with Crippen molar-refractivity contribution >= 4 is 11.4 Å². The molecule has 1 aliphatic rings. The maximum absolute atomic E-state index is 14.3. The van der Waals surface area contributed by atoms with Crippen LogP contribution in [0, 0.1) is 5.82 Å². The van der Waals surface area contributed by atoms with Crippen molar-refractivity contribution < 1.29 is 4.39 Å². The second kappa shape index (κ2) is 5.49. The molecular weight excluding hydrogens is 263 g/mol. The van der Waals surface area contributed by atoms with Crippen molar-refractivity contribution in [2.24, 2.45) is 5.73 Å². The second-order valence-corrected chi connectivity index (χ2v) is 5.97. The van der Waals surface area contributed by atoms with Gasteiger partial charge < -0.3 is 10.6 Å². The SMILES string of the molecule is CC(N)Cc1c(F)cccc1N1c2ccccc2CC1C. The normalized spacial score (nSPS) is 18.7. The van der Waals surface area contributed by atoms with E-state index in [9.17, 15) is 4.39 Å². The summed E-state index contributed by atoms with van der Waals surface area (Å²) in [5.74, 6) is -0.165. The molecule has 3 rings (SSSR count). The molecule has 2 nitrogen and oxygen atoms in total. The average molecular weight is 284 g/mol. The summed E-state index contributed by atoms with van der Waals surface area (Å²) in [6, 6.07) is 13.9. The van der Waals surface area contributed by atoms with Gasteiger partial charge >= 0.3 is 0 Å². The van der Waals surface area contributed by atoms with Crippen LogP contribution in [0.15, 0.2) is 42.5 Å². The molecule has 2 unspecified atom stereocenters. The minimum absolute atomic E-state index is 0.0613. The fourth-order valence-electron chi connectivity index (χ4n) is 3.23. The van der Waals surface area contributed by atoms with Crippen LogP contribution in [-0.4, -0.2) is 12.1 Å². The number of halogens is 1. The third kappa shape index (κ3) is 2.54. The zero-order valence-corrected chi connectivity index (χ0v) is 12.5. The van der Waals surface area contributed by atoms with Crippen LogP contribution in [-0.2, 0) is 12.8 Å². The molecule has 0 bridgehead atoms. The number of benzene rings is 2. The summed E-state index contributed by atoms with van der Waals surface area (Å²) in [6.45, 7) is 4.10. The molecule has 0 aliphatic carbocycles. The summed E-state index contributed by atoms with van der Waals surface area (Å²) < 4.78 is 14.3. The predicted molar refractivity (Wildman–Crippen MR) is 85.5 cm³/mol. The first-order valence-electron chi connectivity index (χ1n) is 7.48. The Morgan fingerprint density at radius 2 is 1.90 bits per heavy atom. The molecule has 0 fully saturated rings. The summed E-state index contributed by atoms with van der Waals surface area (Å²) in [7, 11) is 0. The van der Waals surface area contributed by atoms with E-state index < -0.39 is 0 Å². The Morgan fingerprint density at radius 3 is 2.67 bits per heavy atom. The number of rotatable bonds is 3. The Hall–Kier alpha value is -1.87. The average Bonchev–Trinajstić information content (AvgIpc) is 2.76. The third-order valence-corrected chi connectivity index (χ3v) is 4.09. The predicted octanol–water partition coefficient (Wildman–Crippen LogP) is 3.80. The number of para-hydroxylation sites is 1. The fraction of sp³-hybridized carbons (Fsp3) is 0.333. The third-order valence-electron chi connectivity index (χ3n) is 4.09. The monoisotopic (exact) mass is 284 g/mol.